The third-order valence-electron chi connectivity index (χ3n) is 6.47. The predicted molar refractivity (Wildman–Crippen MR) is 154 cm³/mol. The molecule has 4 rings (SSSR count). The lowest BCUT2D eigenvalue weighted by Gasteiger charge is -2.27. The lowest BCUT2D eigenvalue weighted by molar-refractivity contribution is 0.243. The minimum atomic E-state index is -3.52. The van der Waals surface area contributed by atoms with E-state index in [1.54, 1.807) is 38.1 Å². The molecule has 0 saturated carbocycles. The molecule has 1 aromatic heterocycles. The largest absolute Gasteiger partial charge is 0.489 e. The van der Waals surface area contributed by atoms with Crippen LogP contribution < -0.4 is 20.7 Å². The first-order valence-corrected chi connectivity index (χ1v) is 14.9. The Kier molecular flexibility index (Phi) is 8.80. The molecule has 3 aromatic rings. The lowest BCUT2D eigenvalue weighted by Crippen LogP contribution is -2.27. The van der Waals surface area contributed by atoms with Crippen LogP contribution in [0, 0.1) is 6.92 Å². The summed E-state index contributed by atoms with van der Waals surface area (Å²) in [6.45, 7) is 10.4. The van der Waals surface area contributed by atoms with Gasteiger partial charge >= 0.3 is 0 Å². The van der Waals surface area contributed by atoms with Crippen LogP contribution in [0.25, 0.3) is 0 Å². The van der Waals surface area contributed by atoms with E-state index in [4.69, 9.17) is 16.3 Å². The smallest absolute Gasteiger partial charge is 0.229 e. The Hall–Kier alpha value is -2.88. The number of nitrogens with one attached hydrogen (secondary N) is 3. The van der Waals surface area contributed by atoms with E-state index < -0.39 is 15.1 Å². The molecule has 38 heavy (non-hydrogen) atoms. The van der Waals surface area contributed by atoms with E-state index in [-0.39, 0.29) is 16.0 Å². The molecular weight excluding hydrogens is 522 g/mol. The fourth-order valence-corrected chi connectivity index (χ4v) is 5.82. The van der Waals surface area contributed by atoms with Gasteiger partial charge in [0.25, 0.3) is 0 Å². The number of hydrogen-bond donors (Lipinski definition) is 3. The van der Waals surface area contributed by atoms with Gasteiger partial charge in [0.15, 0.2) is 15.7 Å². The van der Waals surface area contributed by atoms with E-state index in [1.165, 1.54) is 24.6 Å². The number of anilines is 4. The van der Waals surface area contributed by atoms with Crippen LogP contribution >= 0.6 is 11.6 Å². The highest BCUT2D eigenvalue weighted by Crippen LogP contribution is 2.37. The van der Waals surface area contributed by atoms with Crippen LogP contribution in [0.15, 0.2) is 47.5 Å². The first-order chi connectivity index (χ1) is 18.1. The summed E-state index contributed by atoms with van der Waals surface area (Å²) in [5, 5.41) is 9.69. The summed E-state index contributed by atoms with van der Waals surface area (Å²) in [7, 11) is -3.52. The molecule has 204 valence electrons. The van der Waals surface area contributed by atoms with Crippen molar-refractivity contribution >= 4 is 44.6 Å². The van der Waals surface area contributed by atoms with Gasteiger partial charge in [0.05, 0.1) is 33.8 Å². The van der Waals surface area contributed by atoms with Crippen molar-refractivity contribution in [1.82, 2.24) is 15.3 Å². The molecule has 2 aromatic carbocycles. The summed E-state index contributed by atoms with van der Waals surface area (Å²) < 4.78 is 32.0. The number of rotatable bonds is 9. The van der Waals surface area contributed by atoms with Gasteiger partial charge in [0.1, 0.15) is 10.8 Å². The Bertz CT molecular complexity index is 1390. The highest BCUT2D eigenvalue weighted by atomic mass is 35.5. The number of aromatic nitrogens is 2. The summed E-state index contributed by atoms with van der Waals surface area (Å²) in [5.41, 5.74) is 3.51. The average molecular weight is 558 g/mol. The van der Waals surface area contributed by atoms with Crippen LogP contribution in [0.5, 0.6) is 5.75 Å². The van der Waals surface area contributed by atoms with Crippen LogP contribution in [0.3, 0.4) is 0 Å². The zero-order chi connectivity index (χ0) is 27.4. The maximum Gasteiger partial charge on any atom is 0.229 e. The highest BCUT2D eigenvalue weighted by molar-refractivity contribution is 7.92. The Balaban J connectivity index is 1.66. The first-order valence-electron chi connectivity index (χ1n) is 13.0. The fraction of sp³-hybridized carbons (Fsp3) is 0.429. The number of nitrogens with zero attached hydrogens (tertiary/aromatic N) is 2. The van der Waals surface area contributed by atoms with Crippen LogP contribution in [-0.4, -0.2) is 36.3 Å². The van der Waals surface area contributed by atoms with Crippen molar-refractivity contribution in [3.63, 3.8) is 0 Å². The number of hydrogen-bond acceptors (Lipinski definition) is 8. The number of sulfone groups is 1. The quantitative estimate of drug-likeness (QED) is 0.266. The molecule has 0 amide bonds. The molecule has 8 nitrogen and oxygen atoms in total. The normalized spacial score (nSPS) is 16.1. The minimum Gasteiger partial charge on any atom is -0.489 e. The molecule has 2 heterocycles. The molecule has 0 radical (unpaired) electrons. The van der Waals surface area contributed by atoms with E-state index in [1.807, 2.05) is 13.8 Å². The van der Waals surface area contributed by atoms with Crippen LogP contribution in [0.4, 0.5) is 23.1 Å². The lowest BCUT2D eigenvalue weighted by atomic mass is 9.93. The van der Waals surface area contributed by atoms with Crippen molar-refractivity contribution in [3.05, 3.63) is 58.7 Å². The second-order valence-corrected chi connectivity index (χ2v) is 13.0. The van der Waals surface area contributed by atoms with Gasteiger partial charge in [0.2, 0.25) is 5.95 Å². The molecule has 1 atom stereocenters. The molecule has 10 heteroatoms. The summed E-state index contributed by atoms with van der Waals surface area (Å²) in [5.74, 6) is 1.31. The van der Waals surface area contributed by atoms with Gasteiger partial charge in [-0.2, -0.15) is 4.98 Å². The molecule has 1 fully saturated rings. The summed E-state index contributed by atoms with van der Waals surface area (Å²) in [6.07, 6.45) is 4.96. The Morgan fingerprint density at radius 2 is 1.84 bits per heavy atom. The van der Waals surface area contributed by atoms with Gasteiger partial charge in [-0.05, 0) is 89.4 Å². The van der Waals surface area contributed by atoms with E-state index in [9.17, 15) is 8.42 Å². The average Bonchev–Trinajstić information content (AvgIpc) is 2.88. The van der Waals surface area contributed by atoms with Gasteiger partial charge in [0, 0.05) is 6.04 Å². The van der Waals surface area contributed by atoms with Crippen molar-refractivity contribution in [3.8, 4) is 5.75 Å². The molecule has 0 unspecified atom stereocenters. The summed E-state index contributed by atoms with van der Waals surface area (Å²) in [6, 6.07) is 11.2. The number of benzene rings is 2. The Morgan fingerprint density at radius 3 is 2.53 bits per heavy atom. The molecule has 1 aliphatic rings. The van der Waals surface area contributed by atoms with Crippen molar-refractivity contribution in [2.45, 2.75) is 76.2 Å². The van der Waals surface area contributed by atoms with Gasteiger partial charge in [-0.3, -0.25) is 0 Å². The molecule has 1 aliphatic heterocycles. The third-order valence-corrected chi connectivity index (χ3v) is 8.96. The van der Waals surface area contributed by atoms with Crippen molar-refractivity contribution in [2.75, 3.05) is 17.2 Å². The summed E-state index contributed by atoms with van der Waals surface area (Å²) in [4.78, 5) is 9.11. The van der Waals surface area contributed by atoms with Crippen molar-refractivity contribution < 1.29 is 13.2 Å². The maximum atomic E-state index is 12.9. The van der Waals surface area contributed by atoms with Crippen LogP contribution in [-0.2, 0) is 9.84 Å². The molecule has 1 saturated heterocycles. The van der Waals surface area contributed by atoms with Crippen molar-refractivity contribution in [1.29, 1.82) is 0 Å². The third kappa shape index (κ3) is 6.39. The zero-order valence-corrected chi connectivity index (χ0v) is 24.1. The number of para-hydroxylation sites is 1. The second kappa shape index (κ2) is 11.9. The van der Waals surface area contributed by atoms with Crippen molar-refractivity contribution in [2.24, 2.45) is 0 Å². The first kappa shape index (κ1) is 28.1. The second-order valence-electron chi connectivity index (χ2n) is 10.1. The highest BCUT2D eigenvalue weighted by Gasteiger charge is 2.24. The monoisotopic (exact) mass is 557 g/mol. The standard InChI is InChI=1S/C28H36ClN5O3S/c1-17(2)37-25-15-20(22-10-8-9-13-30-22)19(5)14-24(25)33-28-31-16-21(29)27(34-28)32-23-11-6-7-12-26(23)38(35,36)18(3)4/h6-7,11-12,14-18,22,30H,8-10,13H2,1-5H3,(H2,31,32,33,34)/t22-/m1/s1. The molecule has 0 aliphatic carbocycles. The van der Waals surface area contributed by atoms with Crippen LogP contribution in [0.1, 0.15) is 64.1 Å². The number of halogens is 1. The SMILES string of the molecule is Cc1cc(Nc2ncc(Cl)c(Nc3ccccc3S(=O)(=O)C(C)C)n2)c(OC(C)C)cc1[C@H]1CCCCN1. The van der Waals surface area contributed by atoms with E-state index in [2.05, 4.69) is 45.0 Å². The number of ether oxygens (including phenoxy) is 1. The maximum absolute atomic E-state index is 12.9. The van der Waals surface area contributed by atoms with E-state index in [0.717, 1.165) is 30.0 Å². The number of aryl methyl sites for hydroxylation is 1. The predicted octanol–water partition coefficient (Wildman–Crippen LogP) is 6.71. The Labute approximate surface area is 230 Å². The molecule has 0 spiro atoms. The Morgan fingerprint density at radius 1 is 1.08 bits per heavy atom. The zero-order valence-electron chi connectivity index (χ0n) is 22.5. The fourth-order valence-electron chi connectivity index (χ4n) is 4.48. The topological polar surface area (TPSA) is 105 Å². The van der Waals surface area contributed by atoms with Gasteiger partial charge in [-0.1, -0.05) is 30.2 Å². The van der Waals surface area contributed by atoms with Gasteiger partial charge in [-0.25, -0.2) is 13.4 Å². The number of piperidine rings is 1. The molecular formula is C28H36ClN5O3S. The van der Waals surface area contributed by atoms with E-state index in [0.29, 0.717) is 23.5 Å². The minimum absolute atomic E-state index is 0.0202. The van der Waals surface area contributed by atoms with Crippen LogP contribution in [0.2, 0.25) is 5.02 Å². The molecule has 3 N–H and O–H groups in total. The van der Waals surface area contributed by atoms with Gasteiger partial charge < -0.3 is 20.7 Å². The van der Waals surface area contributed by atoms with Gasteiger partial charge in [-0.15, -0.1) is 0 Å². The van der Waals surface area contributed by atoms with E-state index >= 15 is 0 Å². The summed E-state index contributed by atoms with van der Waals surface area (Å²) >= 11 is 6.41. The molecule has 0 bridgehead atoms.